The molecule has 71 heavy (non-hydrogen) atoms. The maximum absolute atomic E-state index is 12.3. The molecule has 4 aromatic carbocycles. The molecule has 0 amide bonds. The van der Waals surface area contributed by atoms with E-state index in [4.69, 9.17) is 41.5 Å². The monoisotopic (exact) mass is 1240 g/mol. The Morgan fingerprint density at radius 3 is 1.10 bits per heavy atom. The molecular weight excluding hydrogens is 1170 g/mol. The van der Waals surface area contributed by atoms with Gasteiger partial charge in [0.05, 0.1) is 76.3 Å². The first-order chi connectivity index (χ1) is 34.3. The average Bonchev–Trinajstić information content (AvgIpc) is 3.37. The molecule has 0 aromatic heterocycles. The molecule has 0 saturated heterocycles. The van der Waals surface area contributed by atoms with E-state index < -0.39 is 29.8 Å². The average molecular weight is 1240 g/mol. The number of carboxylic acid groups (broad SMARTS) is 1. The lowest BCUT2D eigenvalue weighted by Gasteiger charge is -2.16. The van der Waals surface area contributed by atoms with Crippen molar-refractivity contribution in [3.63, 3.8) is 0 Å². The van der Waals surface area contributed by atoms with Crippen molar-refractivity contribution in [2.45, 2.75) is 87.0 Å². The van der Waals surface area contributed by atoms with Gasteiger partial charge in [0.2, 0.25) is 0 Å². The lowest BCUT2D eigenvalue weighted by molar-refractivity contribution is 0.0499. The van der Waals surface area contributed by atoms with Gasteiger partial charge in [-0.2, -0.15) is 0 Å². The van der Waals surface area contributed by atoms with Crippen molar-refractivity contribution in [2.24, 2.45) is 0 Å². The van der Waals surface area contributed by atoms with Gasteiger partial charge in [0.25, 0.3) is 0 Å². The number of hydrogen-bond acceptors (Lipinski definition) is 12. The number of alkyl halides is 3. The van der Waals surface area contributed by atoms with Crippen LogP contribution in [0.5, 0.6) is 0 Å². The third kappa shape index (κ3) is 34.1. The van der Waals surface area contributed by atoms with Gasteiger partial charge in [-0.1, -0.05) is 133 Å². The summed E-state index contributed by atoms with van der Waals surface area (Å²) in [7, 11) is -6.85. The van der Waals surface area contributed by atoms with Crippen LogP contribution in [-0.4, -0.2) is 98.2 Å². The summed E-state index contributed by atoms with van der Waals surface area (Å²) in [4.78, 5) is 22.8. The van der Waals surface area contributed by atoms with Gasteiger partial charge >= 0.3 is 35.7 Å². The van der Waals surface area contributed by atoms with E-state index in [1.165, 1.54) is 12.8 Å². The molecule has 0 radical (unpaired) electrons. The van der Waals surface area contributed by atoms with Gasteiger partial charge in [-0.15, -0.1) is 0 Å². The molecule has 0 heterocycles. The Morgan fingerprint density at radius 2 is 0.775 bits per heavy atom. The van der Waals surface area contributed by atoms with Crippen molar-refractivity contribution in [1.82, 2.24) is 0 Å². The van der Waals surface area contributed by atoms with E-state index in [-0.39, 0.29) is 12.6 Å². The predicted octanol–water partition coefficient (Wildman–Crippen LogP) is 16.9. The van der Waals surface area contributed by atoms with Crippen molar-refractivity contribution in [1.29, 1.82) is 0 Å². The first-order valence-corrected chi connectivity index (χ1v) is 32.1. The highest BCUT2D eigenvalue weighted by atomic mass is 79.9. The molecule has 400 valence electrons. The Bertz CT molecular complexity index is 1950. The lowest BCUT2D eigenvalue weighted by Crippen LogP contribution is -2.07. The van der Waals surface area contributed by atoms with Crippen LogP contribution >= 0.6 is 71.6 Å². The first kappa shape index (κ1) is 68.9. The van der Waals surface area contributed by atoms with E-state index in [2.05, 4.69) is 47.8 Å². The smallest absolute Gasteiger partial charge is 0.338 e. The molecule has 0 aliphatic carbocycles. The highest BCUT2D eigenvalue weighted by Crippen LogP contribution is 2.49. The summed E-state index contributed by atoms with van der Waals surface area (Å²) in [5, 5.41) is 12.0. The maximum Gasteiger partial charge on any atom is 0.338 e. The van der Waals surface area contributed by atoms with E-state index in [9.17, 15) is 18.7 Å². The van der Waals surface area contributed by atoms with Crippen molar-refractivity contribution < 1.29 is 60.2 Å². The zero-order chi connectivity index (χ0) is 53.0. The number of carbonyl (C=O) groups excluding carboxylic acids is 1. The number of carbonyl (C=O) groups is 2. The van der Waals surface area contributed by atoms with Crippen molar-refractivity contribution in [3.8, 4) is 22.3 Å². The van der Waals surface area contributed by atoms with Crippen molar-refractivity contribution in [2.75, 3.05) is 81.2 Å². The number of halogens is 3. The summed E-state index contributed by atoms with van der Waals surface area (Å²) in [6.07, 6.45) is 6.52. The quantitative estimate of drug-likeness (QED) is 0.0227. The fraction of sp³-hybridized carbons (Fsp3) is 0.500. The Morgan fingerprint density at radius 1 is 0.451 bits per heavy atom. The maximum atomic E-state index is 12.3. The number of esters is 1. The molecule has 0 saturated carbocycles. The molecule has 19 heteroatoms. The van der Waals surface area contributed by atoms with Crippen LogP contribution in [0, 0.1) is 0 Å². The second kappa shape index (κ2) is 45.3. The van der Waals surface area contributed by atoms with Crippen LogP contribution in [0.1, 0.15) is 108 Å². The number of ether oxygens (including phenoxy) is 1. The molecule has 13 nitrogen and oxygen atoms in total. The number of unbranched alkanes of at least 4 members (excludes halogenated alkanes) is 3. The SMILES string of the molecule is BrCCCCBr.CCOP(=O)(CCCCBr)OCC.CCOP(=O)(CCCCOC(=O)c1ccc(-c2ccccc2)cc1)OCC.CCOP(OCC)OCC.O=C(O)c1ccc(-c2ccccc2)cc1. The molecule has 0 spiro atoms. The van der Waals surface area contributed by atoms with Gasteiger partial charge < -0.3 is 41.5 Å². The van der Waals surface area contributed by atoms with Crippen LogP contribution < -0.4 is 0 Å². The summed E-state index contributed by atoms with van der Waals surface area (Å²) in [5.41, 5.74) is 5.11. The summed E-state index contributed by atoms with van der Waals surface area (Å²) < 4.78 is 65.6. The zero-order valence-corrected chi connectivity index (χ0v) is 50.1. The Labute approximate surface area is 451 Å². The molecule has 0 fully saturated rings. The van der Waals surface area contributed by atoms with Crippen LogP contribution in [0.15, 0.2) is 109 Å². The number of aromatic carboxylic acids is 1. The Balaban J connectivity index is 0.000000947. The molecule has 0 atom stereocenters. The third-order valence-electron chi connectivity index (χ3n) is 8.87. The first-order valence-electron chi connectivity index (χ1n) is 24.1. The van der Waals surface area contributed by atoms with Crippen LogP contribution in [0.4, 0.5) is 0 Å². The number of hydrogen-bond donors (Lipinski definition) is 1. The normalized spacial score (nSPS) is 10.9. The van der Waals surface area contributed by atoms with Gasteiger partial charge in [-0.05, 0) is 134 Å². The fourth-order valence-electron chi connectivity index (χ4n) is 5.66. The highest BCUT2D eigenvalue weighted by molar-refractivity contribution is 9.09. The molecule has 0 aliphatic rings. The Kier molecular flexibility index (Phi) is 43.9. The minimum absolute atomic E-state index is 0.275. The number of benzene rings is 4. The fourth-order valence-corrected chi connectivity index (χ4v) is 11.2. The lowest BCUT2D eigenvalue weighted by atomic mass is 10.0. The molecule has 0 aliphatic heterocycles. The topological polar surface area (TPSA) is 162 Å². The summed E-state index contributed by atoms with van der Waals surface area (Å²) >= 11 is 9.98. The standard InChI is InChI=1S/C21H27O5P.C13H10O2.C8H18BrO3P.C6H15O3P.C4H8Br2/c1-3-25-27(23,26-4-2)17-9-8-16-24-21(22)20-14-12-19(13-15-20)18-10-6-5-7-11-18;14-13(15)12-8-6-11(7-9-12)10-4-2-1-3-5-10;1-3-11-13(10,12-4-2)8-6-5-7-9;1-4-7-10(8-5-2)9-6-3;5-3-1-2-4-6/h5-7,10-15H,3-4,8-9,16-17H2,1-2H3;1-9H,(H,14,15);3-8H2,1-2H3;4-6H2,1-3H3;1-4H2. The van der Waals surface area contributed by atoms with Crippen LogP contribution in [-0.2, 0) is 45.5 Å². The zero-order valence-electron chi connectivity index (χ0n) is 42.6. The predicted molar refractivity (Wildman–Crippen MR) is 303 cm³/mol. The van der Waals surface area contributed by atoms with Gasteiger partial charge in [0, 0.05) is 16.0 Å². The summed E-state index contributed by atoms with van der Waals surface area (Å²) in [5.74, 6) is -1.25. The molecule has 0 unspecified atom stereocenters. The van der Waals surface area contributed by atoms with Crippen LogP contribution in [0.25, 0.3) is 22.3 Å². The molecular formula is C52H78Br3O13P3. The minimum Gasteiger partial charge on any atom is -0.478 e. The summed E-state index contributed by atoms with van der Waals surface area (Å²) in [6.45, 7) is 16.8. The van der Waals surface area contributed by atoms with E-state index in [1.54, 1.807) is 38.1 Å². The van der Waals surface area contributed by atoms with E-state index in [0.29, 0.717) is 82.5 Å². The second-order valence-corrected chi connectivity index (χ2v) is 22.3. The van der Waals surface area contributed by atoms with Crippen LogP contribution in [0.2, 0.25) is 0 Å². The van der Waals surface area contributed by atoms with E-state index >= 15 is 0 Å². The minimum atomic E-state index is -3.02. The van der Waals surface area contributed by atoms with Gasteiger partial charge in [-0.25, -0.2) is 9.59 Å². The van der Waals surface area contributed by atoms with Gasteiger partial charge in [0.1, 0.15) is 0 Å². The molecule has 1 N–H and O–H groups in total. The second-order valence-electron chi connectivity index (χ2n) is 14.3. The molecule has 4 rings (SSSR count). The van der Waals surface area contributed by atoms with Gasteiger partial charge in [-0.3, -0.25) is 9.13 Å². The van der Waals surface area contributed by atoms with E-state index in [0.717, 1.165) is 51.1 Å². The van der Waals surface area contributed by atoms with Gasteiger partial charge in [0.15, 0.2) is 0 Å². The number of rotatable bonds is 30. The van der Waals surface area contributed by atoms with E-state index in [1.807, 2.05) is 120 Å². The summed E-state index contributed by atoms with van der Waals surface area (Å²) in [6, 6.07) is 34.1. The molecule has 0 bridgehead atoms. The number of carboxylic acids is 1. The highest BCUT2D eigenvalue weighted by Gasteiger charge is 2.23. The largest absolute Gasteiger partial charge is 0.478 e. The van der Waals surface area contributed by atoms with Crippen LogP contribution in [0.3, 0.4) is 0 Å². The Hall–Kier alpha value is -2.13. The molecule has 4 aromatic rings. The third-order valence-corrected chi connectivity index (χ3v) is 16.3. The van der Waals surface area contributed by atoms with Crippen molar-refractivity contribution >= 4 is 83.5 Å². The van der Waals surface area contributed by atoms with Crippen molar-refractivity contribution in [3.05, 3.63) is 120 Å².